The number of methoxy groups -OCH3 is 1. The third-order valence-electron chi connectivity index (χ3n) is 5.72. The highest BCUT2D eigenvalue weighted by molar-refractivity contribution is 5.84. The largest absolute Gasteiger partial charge is 0.467 e. The summed E-state index contributed by atoms with van der Waals surface area (Å²) in [6.07, 6.45) is 1.02. The van der Waals surface area contributed by atoms with Gasteiger partial charge in [-0.3, -0.25) is 0 Å². The van der Waals surface area contributed by atoms with Gasteiger partial charge in [0.1, 0.15) is 0 Å². The topological polar surface area (TPSA) is 53.4 Å². The maximum Gasteiger partial charge on any atom is 0.416 e. The molecule has 1 unspecified atom stereocenters. The maximum atomic E-state index is 14.3. The van der Waals surface area contributed by atoms with Crippen LogP contribution >= 0.6 is 0 Å². The first-order valence-corrected chi connectivity index (χ1v) is 10.9. The summed E-state index contributed by atoms with van der Waals surface area (Å²) in [6, 6.07) is 4.09. The number of nitrogens with zero attached hydrogens (tertiary/aromatic N) is 2. The van der Waals surface area contributed by atoms with E-state index in [0.717, 1.165) is 25.2 Å². The van der Waals surface area contributed by atoms with Crippen molar-refractivity contribution in [2.24, 2.45) is 5.41 Å². The first kappa shape index (κ1) is 25.0. The van der Waals surface area contributed by atoms with Crippen LogP contribution in [0.1, 0.15) is 76.7 Å². The second-order valence-corrected chi connectivity index (χ2v) is 10.1. The lowest BCUT2D eigenvalue weighted by Gasteiger charge is -2.33. The Morgan fingerprint density at radius 1 is 1.21 bits per heavy atom. The van der Waals surface area contributed by atoms with Crippen molar-refractivity contribution in [1.82, 2.24) is 9.78 Å². The van der Waals surface area contributed by atoms with Gasteiger partial charge in [0.25, 0.3) is 0 Å². The molecule has 5 nitrogen and oxygen atoms in total. The lowest BCUT2D eigenvalue weighted by Crippen LogP contribution is -2.31. The normalized spacial score (nSPS) is 17.4. The second kappa shape index (κ2) is 8.97. The fourth-order valence-corrected chi connectivity index (χ4v) is 4.06. The minimum atomic E-state index is -4.70. The van der Waals surface area contributed by atoms with Crippen molar-refractivity contribution in [3.63, 3.8) is 0 Å². The van der Waals surface area contributed by atoms with Crippen molar-refractivity contribution in [2.45, 2.75) is 71.8 Å². The zero-order valence-corrected chi connectivity index (χ0v) is 19.9. The van der Waals surface area contributed by atoms with Crippen molar-refractivity contribution in [1.29, 1.82) is 0 Å². The van der Waals surface area contributed by atoms with Gasteiger partial charge in [-0.2, -0.15) is 18.3 Å². The average Bonchev–Trinajstić information content (AvgIpc) is 3.24. The van der Waals surface area contributed by atoms with E-state index in [0.29, 0.717) is 24.1 Å². The number of ether oxygens (including phenoxy) is 2. The number of carbonyl (C=O) groups is 1. The number of aromatic nitrogens is 2. The van der Waals surface area contributed by atoms with Gasteiger partial charge in [-0.15, -0.1) is 0 Å². The van der Waals surface area contributed by atoms with E-state index < -0.39 is 29.4 Å². The monoisotopic (exact) mass is 464 g/mol. The minimum Gasteiger partial charge on any atom is -0.467 e. The van der Waals surface area contributed by atoms with E-state index in [4.69, 9.17) is 9.47 Å². The molecule has 1 aromatic carbocycles. The lowest BCUT2D eigenvalue weighted by molar-refractivity contribution is -0.166. The fraction of sp³-hybridized carbons (Fsp3) is 0.520. The van der Waals surface area contributed by atoms with Gasteiger partial charge in [0.15, 0.2) is 6.10 Å². The van der Waals surface area contributed by atoms with Gasteiger partial charge in [0, 0.05) is 23.5 Å². The van der Waals surface area contributed by atoms with E-state index in [2.05, 4.69) is 18.9 Å². The van der Waals surface area contributed by atoms with Crippen molar-refractivity contribution in [3.05, 3.63) is 53.4 Å². The molecule has 0 radical (unpaired) electrons. The molecule has 0 aliphatic heterocycles. The number of hydrogen-bond donors (Lipinski definition) is 0. The Balaban J connectivity index is 2.40. The molecule has 1 aliphatic rings. The molecule has 1 aliphatic carbocycles. The molecule has 8 heteroatoms. The Hall–Kier alpha value is -2.61. The maximum absolute atomic E-state index is 14.3. The fourth-order valence-electron chi connectivity index (χ4n) is 4.06. The molecule has 0 fully saturated rings. The molecule has 0 bridgehead atoms. The van der Waals surface area contributed by atoms with E-state index in [9.17, 15) is 18.0 Å². The Labute approximate surface area is 192 Å². The van der Waals surface area contributed by atoms with E-state index in [-0.39, 0.29) is 11.0 Å². The Morgan fingerprint density at radius 3 is 2.39 bits per heavy atom. The van der Waals surface area contributed by atoms with Crippen molar-refractivity contribution < 1.29 is 27.4 Å². The predicted molar refractivity (Wildman–Crippen MR) is 120 cm³/mol. The van der Waals surface area contributed by atoms with Crippen LogP contribution in [0, 0.1) is 5.41 Å². The molecule has 33 heavy (non-hydrogen) atoms. The van der Waals surface area contributed by atoms with Gasteiger partial charge in [-0.05, 0) is 69.2 Å². The summed E-state index contributed by atoms with van der Waals surface area (Å²) in [5.41, 5.74) is -0.483. The smallest absolute Gasteiger partial charge is 0.416 e. The molecule has 0 N–H and O–H groups in total. The highest BCUT2D eigenvalue weighted by atomic mass is 19.4. The summed E-state index contributed by atoms with van der Waals surface area (Å²) < 4.78 is 55.3. The first-order valence-electron chi connectivity index (χ1n) is 10.9. The lowest BCUT2D eigenvalue weighted by atomic mass is 9.75. The molecular weight excluding hydrogens is 433 g/mol. The number of benzene rings is 1. The molecule has 1 atom stereocenters. The number of carbonyl (C=O) groups excluding carboxylic acids is 1. The van der Waals surface area contributed by atoms with E-state index in [1.54, 1.807) is 39.2 Å². The quantitative estimate of drug-likeness (QED) is 0.473. The molecule has 0 saturated heterocycles. The van der Waals surface area contributed by atoms with Gasteiger partial charge >= 0.3 is 12.1 Å². The standard InChI is InChI=1S/C25H31F3N2O3/c1-23(2,3)33-21(22(31)32-6)20-17(25(26,27)28)8-9-18(30-15-7-14-29-30)19(20)16-10-12-24(4,5)13-11-16/h7-10,14-15,21H,11-13H2,1-6H3. The van der Waals surface area contributed by atoms with Gasteiger partial charge < -0.3 is 9.47 Å². The predicted octanol–water partition coefficient (Wildman–Crippen LogP) is 6.51. The van der Waals surface area contributed by atoms with Crippen LogP contribution in [0.5, 0.6) is 0 Å². The Bertz CT molecular complexity index is 1030. The summed E-state index contributed by atoms with van der Waals surface area (Å²) in [4.78, 5) is 12.8. The van der Waals surface area contributed by atoms with Gasteiger partial charge in [0.05, 0.1) is 24.0 Å². The van der Waals surface area contributed by atoms with E-state index in [1.807, 2.05) is 6.08 Å². The van der Waals surface area contributed by atoms with E-state index >= 15 is 0 Å². The van der Waals surface area contributed by atoms with Crippen LogP contribution in [0.4, 0.5) is 13.2 Å². The third kappa shape index (κ3) is 5.66. The number of rotatable bonds is 5. The van der Waals surface area contributed by atoms with Gasteiger partial charge in [-0.25, -0.2) is 9.48 Å². The number of esters is 1. The molecule has 0 saturated carbocycles. The van der Waals surface area contributed by atoms with Gasteiger partial charge in [-0.1, -0.05) is 19.9 Å². The molecule has 180 valence electrons. The Kier molecular flexibility index (Phi) is 6.80. The van der Waals surface area contributed by atoms with Crippen LogP contribution in [-0.4, -0.2) is 28.5 Å². The van der Waals surface area contributed by atoms with Crippen LogP contribution < -0.4 is 0 Å². The summed E-state index contributed by atoms with van der Waals surface area (Å²) in [6.45, 7) is 9.32. The van der Waals surface area contributed by atoms with Gasteiger partial charge in [0.2, 0.25) is 0 Å². The molecule has 1 heterocycles. The number of hydrogen-bond acceptors (Lipinski definition) is 4. The second-order valence-electron chi connectivity index (χ2n) is 10.1. The SMILES string of the molecule is COC(=O)C(OC(C)(C)C)c1c(C(F)(F)F)ccc(-n2cccn2)c1C1=CCC(C)(C)CC1. The summed E-state index contributed by atoms with van der Waals surface area (Å²) in [5, 5.41) is 4.25. The van der Waals surface area contributed by atoms with Crippen LogP contribution in [0.2, 0.25) is 0 Å². The Morgan fingerprint density at radius 2 is 1.91 bits per heavy atom. The number of allylic oxidation sites excluding steroid dienone is 2. The molecule has 1 aromatic heterocycles. The zero-order valence-electron chi connectivity index (χ0n) is 19.9. The van der Waals surface area contributed by atoms with Crippen LogP contribution in [0.15, 0.2) is 36.7 Å². The van der Waals surface area contributed by atoms with Crippen molar-refractivity contribution in [3.8, 4) is 5.69 Å². The van der Waals surface area contributed by atoms with Crippen molar-refractivity contribution in [2.75, 3.05) is 7.11 Å². The number of alkyl halides is 3. The van der Waals surface area contributed by atoms with Crippen molar-refractivity contribution >= 4 is 11.5 Å². The molecule has 3 rings (SSSR count). The zero-order chi connectivity index (χ0) is 24.6. The summed E-state index contributed by atoms with van der Waals surface area (Å²) in [5.74, 6) is -0.883. The molecular formula is C25H31F3N2O3. The minimum absolute atomic E-state index is 0.0425. The highest BCUT2D eigenvalue weighted by Crippen LogP contribution is 2.47. The van der Waals surface area contributed by atoms with Crippen LogP contribution in [-0.2, 0) is 20.4 Å². The van der Waals surface area contributed by atoms with Crippen LogP contribution in [0.3, 0.4) is 0 Å². The van der Waals surface area contributed by atoms with Crippen LogP contribution in [0.25, 0.3) is 11.3 Å². The molecule has 0 spiro atoms. The number of halogens is 3. The summed E-state index contributed by atoms with van der Waals surface area (Å²) in [7, 11) is 1.15. The first-order chi connectivity index (χ1) is 15.2. The van der Waals surface area contributed by atoms with E-state index in [1.165, 1.54) is 10.7 Å². The molecule has 0 amide bonds. The highest BCUT2D eigenvalue weighted by Gasteiger charge is 2.42. The average molecular weight is 465 g/mol. The molecule has 2 aromatic rings. The third-order valence-corrected chi connectivity index (χ3v) is 5.72. The summed E-state index contributed by atoms with van der Waals surface area (Å²) >= 11 is 0.